The second-order valence-electron chi connectivity index (χ2n) is 14.8. The molecular formula is C54H32O2. The molecule has 0 atom stereocenters. The molecule has 0 saturated carbocycles. The van der Waals surface area contributed by atoms with E-state index in [2.05, 4.69) is 170 Å². The predicted molar refractivity (Wildman–Crippen MR) is 235 cm³/mol. The van der Waals surface area contributed by atoms with Crippen molar-refractivity contribution >= 4 is 76.2 Å². The molecule has 56 heavy (non-hydrogen) atoms. The van der Waals surface area contributed by atoms with Crippen molar-refractivity contribution < 1.29 is 8.83 Å². The van der Waals surface area contributed by atoms with E-state index < -0.39 is 0 Å². The first-order chi connectivity index (χ1) is 27.8. The fourth-order valence-corrected chi connectivity index (χ4v) is 9.10. The van der Waals surface area contributed by atoms with Crippen molar-refractivity contribution in [3.63, 3.8) is 0 Å². The van der Waals surface area contributed by atoms with Crippen LogP contribution >= 0.6 is 0 Å². The Morgan fingerprint density at radius 2 is 0.750 bits per heavy atom. The molecule has 0 amide bonds. The summed E-state index contributed by atoms with van der Waals surface area (Å²) in [6, 6.07) is 69.9. The molecule has 2 heterocycles. The maximum atomic E-state index is 6.70. The van der Waals surface area contributed by atoms with Crippen LogP contribution in [0, 0.1) is 0 Å². The Kier molecular flexibility index (Phi) is 6.66. The van der Waals surface area contributed by atoms with Crippen LogP contribution in [0.25, 0.3) is 121 Å². The van der Waals surface area contributed by atoms with E-state index >= 15 is 0 Å². The lowest BCUT2D eigenvalue weighted by molar-refractivity contribution is 0.663. The van der Waals surface area contributed by atoms with Gasteiger partial charge in [0.25, 0.3) is 0 Å². The number of para-hydroxylation sites is 2. The first-order valence-corrected chi connectivity index (χ1v) is 19.2. The van der Waals surface area contributed by atoms with Crippen molar-refractivity contribution in [1.82, 2.24) is 0 Å². The molecular weight excluding hydrogens is 681 g/mol. The summed E-state index contributed by atoms with van der Waals surface area (Å²) in [5, 5.41) is 11.7. The number of fused-ring (bicyclic) bond motifs is 10. The lowest BCUT2D eigenvalue weighted by Gasteiger charge is -2.18. The molecule has 2 heteroatoms. The van der Waals surface area contributed by atoms with Gasteiger partial charge in [-0.1, -0.05) is 158 Å². The Hall–Kier alpha value is -7.42. The zero-order valence-electron chi connectivity index (χ0n) is 30.3. The Morgan fingerprint density at radius 1 is 0.268 bits per heavy atom. The highest BCUT2D eigenvalue weighted by molar-refractivity contribution is 6.26. The quantitative estimate of drug-likeness (QED) is 0.170. The Balaban J connectivity index is 1.08. The molecule has 12 rings (SSSR count). The van der Waals surface area contributed by atoms with Gasteiger partial charge in [-0.3, -0.25) is 0 Å². The van der Waals surface area contributed by atoms with Crippen LogP contribution in [0.15, 0.2) is 203 Å². The van der Waals surface area contributed by atoms with Gasteiger partial charge in [-0.2, -0.15) is 0 Å². The van der Waals surface area contributed by atoms with Gasteiger partial charge in [-0.05, 0) is 108 Å². The van der Waals surface area contributed by atoms with E-state index in [0.29, 0.717) is 0 Å². The molecule has 12 aromatic rings. The highest BCUT2D eigenvalue weighted by Gasteiger charge is 2.22. The van der Waals surface area contributed by atoms with E-state index in [1.165, 1.54) is 60.1 Å². The SMILES string of the molecule is c1cc(-c2ccc3ccccc3c2)cc(-c2c3ccccc3c(-c3cccc(-c4cc5c6ccccc6oc5c5c4oc4ccccc45)c3)c3ccccc23)c1. The largest absolute Gasteiger partial charge is 0.455 e. The van der Waals surface area contributed by atoms with Crippen LogP contribution in [0.4, 0.5) is 0 Å². The third-order valence-corrected chi connectivity index (χ3v) is 11.6. The van der Waals surface area contributed by atoms with Crippen LogP contribution in [0.1, 0.15) is 0 Å². The number of hydrogen-bond donors (Lipinski definition) is 0. The Labute approximate surface area is 322 Å². The Bertz CT molecular complexity index is 3490. The van der Waals surface area contributed by atoms with Gasteiger partial charge in [0.1, 0.15) is 22.3 Å². The molecule has 0 radical (unpaired) electrons. The molecule has 0 bridgehead atoms. The van der Waals surface area contributed by atoms with Crippen LogP contribution in [-0.2, 0) is 0 Å². The predicted octanol–water partition coefficient (Wildman–Crippen LogP) is 15.6. The molecule has 10 aromatic carbocycles. The first-order valence-electron chi connectivity index (χ1n) is 19.2. The van der Waals surface area contributed by atoms with E-state index in [4.69, 9.17) is 8.83 Å². The molecule has 2 nitrogen and oxygen atoms in total. The maximum absolute atomic E-state index is 6.70. The minimum absolute atomic E-state index is 0.839. The van der Waals surface area contributed by atoms with Gasteiger partial charge >= 0.3 is 0 Å². The highest BCUT2D eigenvalue weighted by atomic mass is 16.3. The van der Waals surface area contributed by atoms with Gasteiger partial charge in [-0.25, -0.2) is 0 Å². The van der Waals surface area contributed by atoms with Crippen molar-refractivity contribution in [1.29, 1.82) is 0 Å². The van der Waals surface area contributed by atoms with Gasteiger partial charge in [0, 0.05) is 21.7 Å². The zero-order chi connectivity index (χ0) is 36.7. The summed E-state index contributed by atoms with van der Waals surface area (Å²) in [7, 11) is 0. The molecule has 2 aromatic heterocycles. The van der Waals surface area contributed by atoms with Crippen molar-refractivity contribution in [3.05, 3.63) is 194 Å². The average Bonchev–Trinajstić information content (AvgIpc) is 3.84. The summed E-state index contributed by atoms with van der Waals surface area (Å²) in [6.45, 7) is 0. The average molecular weight is 713 g/mol. The fraction of sp³-hybridized carbons (Fsp3) is 0. The molecule has 0 saturated heterocycles. The first kappa shape index (κ1) is 31.0. The van der Waals surface area contributed by atoms with Crippen LogP contribution < -0.4 is 0 Å². The maximum Gasteiger partial charge on any atom is 0.147 e. The smallest absolute Gasteiger partial charge is 0.147 e. The minimum atomic E-state index is 0.839. The minimum Gasteiger partial charge on any atom is -0.455 e. The molecule has 0 spiro atoms. The summed E-state index contributed by atoms with van der Waals surface area (Å²) in [4.78, 5) is 0. The van der Waals surface area contributed by atoms with E-state index in [9.17, 15) is 0 Å². The van der Waals surface area contributed by atoms with E-state index in [0.717, 1.165) is 60.6 Å². The number of hydrogen-bond acceptors (Lipinski definition) is 2. The Morgan fingerprint density at radius 3 is 1.43 bits per heavy atom. The molecule has 0 fully saturated rings. The standard InChI is InChI=1S/C54H32O2/c1-2-14-34-29-36(28-27-33(34)13-1)35-15-11-17-38(30-35)50-41-20-3-5-22-43(41)51(44-23-6-4-21-42(44)50)39-18-12-16-37(31-39)46-32-47-40-19-7-9-25-48(40)55-54(47)52-45-24-8-10-26-49(45)56-53(46)52/h1-32H. The molecule has 0 aliphatic heterocycles. The third kappa shape index (κ3) is 4.63. The van der Waals surface area contributed by atoms with Crippen LogP contribution in [0.5, 0.6) is 0 Å². The van der Waals surface area contributed by atoms with Crippen LogP contribution in [-0.4, -0.2) is 0 Å². The third-order valence-electron chi connectivity index (χ3n) is 11.6. The summed E-state index contributed by atoms with van der Waals surface area (Å²) in [6.07, 6.45) is 0. The van der Waals surface area contributed by atoms with Gasteiger partial charge in [0.15, 0.2) is 0 Å². The monoisotopic (exact) mass is 712 g/mol. The van der Waals surface area contributed by atoms with Gasteiger partial charge < -0.3 is 8.83 Å². The van der Waals surface area contributed by atoms with E-state index in [1.54, 1.807) is 0 Å². The van der Waals surface area contributed by atoms with Crippen LogP contribution in [0.3, 0.4) is 0 Å². The van der Waals surface area contributed by atoms with Crippen molar-refractivity contribution in [2.45, 2.75) is 0 Å². The number of furan rings is 2. The fourth-order valence-electron chi connectivity index (χ4n) is 9.10. The topological polar surface area (TPSA) is 26.3 Å². The summed E-state index contributed by atoms with van der Waals surface area (Å²) in [5.74, 6) is 0. The number of rotatable bonds is 4. The van der Waals surface area contributed by atoms with E-state index in [-0.39, 0.29) is 0 Å². The summed E-state index contributed by atoms with van der Waals surface area (Å²) >= 11 is 0. The zero-order valence-corrected chi connectivity index (χ0v) is 30.3. The molecule has 0 aliphatic rings. The summed E-state index contributed by atoms with van der Waals surface area (Å²) < 4.78 is 13.2. The second kappa shape index (κ2) is 12.0. The second-order valence-corrected chi connectivity index (χ2v) is 14.8. The van der Waals surface area contributed by atoms with Crippen molar-refractivity contribution in [2.24, 2.45) is 0 Å². The van der Waals surface area contributed by atoms with Gasteiger partial charge in [0.05, 0.1) is 5.39 Å². The number of benzene rings is 10. The highest BCUT2D eigenvalue weighted by Crippen LogP contribution is 2.47. The summed E-state index contributed by atoms with van der Waals surface area (Å²) in [5.41, 5.74) is 12.8. The van der Waals surface area contributed by atoms with Crippen molar-refractivity contribution in [3.8, 4) is 44.5 Å². The molecule has 260 valence electrons. The lowest BCUT2D eigenvalue weighted by atomic mass is 9.85. The van der Waals surface area contributed by atoms with Gasteiger partial charge in [0.2, 0.25) is 0 Å². The molecule has 0 aliphatic carbocycles. The normalized spacial score (nSPS) is 11.9. The van der Waals surface area contributed by atoms with Crippen molar-refractivity contribution in [2.75, 3.05) is 0 Å². The van der Waals surface area contributed by atoms with E-state index in [1.807, 2.05) is 24.3 Å². The van der Waals surface area contributed by atoms with Gasteiger partial charge in [-0.15, -0.1) is 0 Å². The van der Waals surface area contributed by atoms with Crippen LogP contribution in [0.2, 0.25) is 0 Å². The molecule has 0 N–H and O–H groups in total. The lowest BCUT2D eigenvalue weighted by Crippen LogP contribution is -1.91. The molecule has 0 unspecified atom stereocenters.